The lowest BCUT2D eigenvalue weighted by Crippen LogP contribution is -2.34. The minimum Gasteiger partial charge on any atom is -0.477 e. The maximum absolute atomic E-state index is 6.13. The summed E-state index contributed by atoms with van der Waals surface area (Å²) in [6.07, 6.45) is 11.1. The molecule has 1 unspecified atom stereocenters. The molecule has 0 spiro atoms. The lowest BCUT2D eigenvalue weighted by Gasteiger charge is -2.24. The van der Waals surface area contributed by atoms with E-state index in [0.717, 1.165) is 31.2 Å². The zero-order valence-electron chi connectivity index (χ0n) is 15.1. The third kappa shape index (κ3) is 5.05. The number of rotatable bonds is 9. The van der Waals surface area contributed by atoms with E-state index in [4.69, 9.17) is 9.47 Å². The van der Waals surface area contributed by atoms with E-state index in [2.05, 4.69) is 33.8 Å². The second-order valence-electron chi connectivity index (χ2n) is 6.93. The molecule has 1 aliphatic carbocycles. The van der Waals surface area contributed by atoms with Crippen molar-refractivity contribution in [3.8, 4) is 11.8 Å². The van der Waals surface area contributed by atoms with Gasteiger partial charge < -0.3 is 9.47 Å². The third-order valence-corrected chi connectivity index (χ3v) is 5.05. The van der Waals surface area contributed by atoms with Crippen LogP contribution in [0.2, 0.25) is 0 Å². The quantitative estimate of drug-likeness (QED) is 0.642. The minimum atomic E-state index is 0.110. The largest absolute Gasteiger partial charge is 0.477 e. The van der Waals surface area contributed by atoms with Crippen molar-refractivity contribution in [1.82, 2.24) is 15.1 Å². The maximum Gasteiger partial charge on any atom is 0.233 e. The van der Waals surface area contributed by atoms with Crippen molar-refractivity contribution in [3.63, 3.8) is 0 Å². The Hall–Kier alpha value is -1.88. The zero-order valence-corrected chi connectivity index (χ0v) is 15.1. The topological polar surface area (TPSA) is 47.5 Å². The molecule has 0 radical (unpaired) electrons. The SMILES string of the molecule is C=CCCC(CN1C[C@H]2CC=CC[C@H]2C1)Oc1ccc(OCC)nn1. The molecule has 0 N–H and O–H groups in total. The predicted octanol–water partition coefficient (Wildman–Crippen LogP) is 3.49. The summed E-state index contributed by atoms with van der Waals surface area (Å²) in [6, 6.07) is 3.65. The van der Waals surface area contributed by atoms with E-state index in [1.54, 1.807) is 0 Å². The Bertz CT molecular complexity index is 557. The summed E-state index contributed by atoms with van der Waals surface area (Å²) in [5.41, 5.74) is 0. The molecule has 2 heterocycles. The van der Waals surface area contributed by atoms with Crippen LogP contribution in [-0.4, -0.2) is 47.4 Å². The highest BCUT2D eigenvalue weighted by Crippen LogP contribution is 2.33. The van der Waals surface area contributed by atoms with Crippen LogP contribution >= 0.6 is 0 Å². The third-order valence-electron chi connectivity index (χ3n) is 5.05. The molecule has 5 nitrogen and oxygen atoms in total. The first-order valence-electron chi connectivity index (χ1n) is 9.40. The van der Waals surface area contributed by atoms with Crippen LogP contribution in [0.25, 0.3) is 0 Å². The normalized spacial score (nSPS) is 23.9. The van der Waals surface area contributed by atoms with Gasteiger partial charge in [-0.1, -0.05) is 18.2 Å². The van der Waals surface area contributed by atoms with Crippen LogP contribution in [0, 0.1) is 11.8 Å². The van der Waals surface area contributed by atoms with Crippen LogP contribution in [0.5, 0.6) is 11.8 Å². The van der Waals surface area contributed by atoms with Gasteiger partial charge in [-0.05, 0) is 44.4 Å². The van der Waals surface area contributed by atoms with Gasteiger partial charge in [-0.3, -0.25) is 4.90 Å². The summed E-state index contributed by atoms with van der Waals surface area (Å²) in [5.74, 6) is 2.73. The highest BCUT2D eigenvalue weighted by atomic mass is 16.5. The van der Waals surface area contributed by atoms with Gasteiger partial charge in [0.25, 0.3) is 0 Å². The lowest BCUT2D eigenvalue weighted by atomic mass is 9.86. The molecule has 0 saturated carbocycles. The van der Waals surface area contributed by atoms with Gasteiger partial charge in [-0.15, -0.1) is 16.8 Å². The maximum atomic E-state index is 6.13. The van der Waals surface area contributed by atoms with Gasteiger partial charge in [0.15, 0.2) is 0 Å². The summed E-state index contributed by atoms with van der Waals surface area (Å²) >= 11 is 0. The summed E-state index contributed by atoms with van der Waals surface area (Å²) in [5, 5.41) is 8.19. The van der Waals surface area contributed by atoms with E-state index in [1.165, 1.54) is 25.9 Å². The smallest absolute Gasteiger partial charge is 0.233 e. The molecule has 3 atom stereocenters. The molecule has 1 fully saturated rings. The van der Waals surface area contributed by atoms with Crippen molar-refractivity contribution in [1.29, 1.82) is 0 Å². The molecule has 0 amide bonds. The first kappa shape index (κ1) is 17.9. The molecule has 0 aromatic carbocycles. The Balaban J connectivity index is 1.56. The number of nitrogens with zero attached hydrogens (tertiary/aromatic N) is 3. The van der Waals surface area contributed by atoms with Gasteiger partial charge >= 0.3 is 0 Å². The molecular weight excluding hydrogens is 314 g/mol. The van der Waals surface area contributed by atoms with Crippen molar-refractivity contribution in [2.45, 2.75) is 38.7 Å². The van der Waals surface area contributed by atoms with Gasteiger partial charge in [-0.25, -0.2) is 0 Å². The molecule has 1 aromatic rings. The highest BCUT2D eigenvalue weighted by molar-refractivity contribution is 5.15. The predicted molar refractivity (Wildman–Crippen MR) is 98.8 cm³/mol. The van der Waals surface area contributed by atoms with Crippen LogP contribution in [0.1, 0.15) is 32.6 Å². The Kier molecular flexibility index (Phi) is 6.45. The van der Waals surface area contributed by atoms with Gasteiger partial charge in [0.2, 0.25) is 11.8 Å². The fourth-order valence-electron chi connectivity index (χ4n) is 3.81. The number of likely N-dealkylation sites (tertiary alicyclic amines) is 1. The fourth-order valence-corrected chi connectivity index (χ4v) is 3.81. The van der Waals surface area contributed by atoms with E-state index < -0.39 is 0 Å². The highest BCUT2D eigenvalue weighted by Gasteiger charge is 2.33. The first-order valence-corrected chi connectivity index (χ1v) is 9.40. The average molecular weight is 343 g/mol. The van der Waals surface area contributed by atoms with Gasteiger partial charge in [-0.2, -0.15) is 0 Å². The van der Waals surface area contributed by atoms with E-state index in [-0.39, 0.29) is 6.10 Å². The van der Waals surface area contributed by atoms with Gasteiger partial charge in [0, 0.05) is 31.8 Å². The summed E-state index contributed by atoms with van der Waals surface area (Å²) in [7, 11) is 0. The van der Waals surface area contributed by atoms with Gasteiger partial charge in [0.1, 0.15) is 6.10 Å². The number of ether oxygens (including phenoxy) is 2. The van der Waals surface area contributed by atoms with E-state index in [0.29, 0.717) is 18.4 Å². The molecule has 1 aromatic heterocycles. The molecule has 5 heteroatoms. The Labute approximate surface area is 150 Å². The molecular formula is C20H29N3O2. The second-order valence-corrected chi connectivity index (χ2v) is 6.93. The molecule has 25 heavy (non-hydrogen) atoms. The summed E-state index contributed by atoms with van der Waals surface area (Å²) < 4.78 is 11.5. The Morgan fingerprint density at radius 3 is 2.48 bits per heavy atom. The van der Waals surface area contributed by atoms with Crippen molar-refractivity contribution in [2.24, 2.45) is 11.8 Å². The molecule has 136 valence electrons. The van der Waals surface area contributed by atoms with Crippen LogP contribution in [0.15, 0.2) is 36.9 Å². The van der Waals surface area contributed by atoms with Gasteiger partial charge in [0.05, 0.1) is 6.61 Å². The second kappa shape index (κ2) is 8.99. The summed E-state index contributed by atoms with van der Waals surface area (Å²) in [4.78, 5) is 2.55. The fraction of sp³-hybridized carbons (Fsp3) is 0.600. The Morgan fingerprint density at radius 2 is 1.88 bits per heavy atom. The van der Waals surface area contributed by atoms with Crippen LogP contribution in [0.3, 0.4) is 0 Å². The van der Waals surface area contributed by atoms with Crippen LogP contribution < -0.4 is 9.47 Å². The number of hydrogen-bond donors (Lipinski definition) is 0. The van der Waals surface area contributed by atoms with Crippen LogP contribution in [0.4, 0.5) is 0 Å². The van der Waals surface area contributed by atoms with E-state index in [1.807, 2.05) is 25.1 Å². The lowest BCUT2D eigenvalue weighted by molar-refractivity contribution is 0.130. The standard InChI is InChI=1S/C20H29N3O2/c1-3-5-10-18(25-20-12-11-19(21-22-20)24-4-2)15-23-13-16-8-6-7-9-17(16)14-23/h3,6-7,11-12,16-18H,1,4-5,8-10,13-15H2,2H3/t16-,17+,18?. The van der Waals surface area contributed by atoms with Crippen molar-refractivity contribution >= 4 is 0 Å². The molecule has 1 aliphatic heterocycles. The number of allylic oxidation sites excluding steroid dienone is 3. The minimum absolute atomic E-state index is 0.110. The Morgan fingerprint density at radius 1 is 1.20 bits per heavy atom. The van der Waals surface area contributed by atoms with E-state index >= 15 is 0 Å². The molecule has 1 saturated heterocycles. The number of aromatic nitrogens is 2. The monoisotopic (exact) mass is 343 g/mol. The number of fused-ring (bicyclic) bond motifs is 1. The van der Waals surface area contributed by atoms with E-state index in [9.17, 15) is 0 Å². The van der Waals surface area contributed by atoms with Crippen LogP contribution in [-0.2, 0) is 0 Å². The van der Waals surface area contributed by atoms with Crippen molar-refractivity contribution in [2.75, 3.05) is 26.2 Å². The molecule has 0 bridgehead atoms. The first-order chi connectivity index (χ1) is 12.3. The zero-order chi connectivity index (χ0) is 17.5. The molecule has 3 rings (SSSR count). The van der Waals surface area contributed by atoms with Crippen molar-refractivity contribution < 1.29 is 9.47 Å². The van der Waals surface area contributed by atoms with Crippen molar-refractivity contribution in [3.05, 3.63) is 36.9 Å². The summed E-state index contributed by atoms with van der Waals surface area (Å²) in [6.45, 7) is 9.66. The molecule has 2 aliphatic rings. The average Bonchev–Trinajstić information content (AvgIpc) is 3.04. The number of hydrogen-bond acceptors (Lipinski definition) is 5.